The summed E-state index contributed by atoms with van der Waals surface area (Å²) in [4.78, 5) is 7.89. The van der Waals surface area contributed by atoms with Crippen LogP contribution in [-0.2, 0) is 0 Å². The number of hydrogen-bond donors (Lipinski definition) is 2. The van der Waals surface area contributed by atoms with Gasteiger partial charge in [0.15, 0.2) is 0 Å². The van der Waals surface area contributed by atoms with Crippen molar-refractivity contribution < 1.29 is 8.78 Å². The van der Waals surface area contributed by atoms with Gasteiger partial charge in [0.2, 0.25) is 5.95 Å². The highest BCUT2D eigenvalue weighted by Crippen LogP contribution is 2.27. The van der Waals surface area contributed by atoms with E-state index >= 15 is 0 Å². The number of nitrogens with zero attached hydrogens (tertiary/aromatic N) is 2. The second kappa shape index (κ2) is 6.87. The first-order chi connectivity index (χ1) is 11.1. The number of aromatic nitrogens is 2. The lowest BCUT2D eigenvalue weighted by atomic mass is 10.2. The van der Waals surface area contributed by atoms with E-state index in [4.69, 9.17) is 0 Å². The Morgan fingerprint density at radius 3 is 2.70 bits per heavy atom. The molecular weight excluding hydrogens is 366 g/mol. The van der Waals surface area contributed by atoms with E-state index in [-0.39, 0.29) is 5.82 Å². The fraction of sp³-hybridized carbons (Fsp3) is 0.125. The molecule has 1 aromatic carbocycles. The van der Waals surface area contributed by atoms with E-state index in [1.54, 1.807) is 24.4 Å². The number of benzene rings is 1. The fourth-order valence-corrected chi connectivity index (χ4v) is 2.53. The number of halogens is 3. The first-order valence-electron chi connectivity index (χ1n) is 6.97. The Hall–Kier alpha value is -2.28. The molecule has 0 atom stereocenters. The summed E-state index contributed by atoms with van der Waals surface area (Å²) in [7, 11) is 0. The molecule has 7 heteroatoms. The van der Waals surface area contributed by atoms with Crippen LogP contribution in [0.1, 0.15) is 0 Å². The van der Waals surface area contributed by atoms with Crippen molar-refractivity contribution in [2.24, 2.45) is 0 Å². The third-order valence-electron chi connectivity index (χ3n) is 3.25. The van der Waals surface area contributed by atoms with Crippen LogP contribution in [0.3, 0.4) is 0 Å². The van der Waals surface area contributed by atoms with Gasteiger partial charge in [0.05, 0.1) is 9.99 Å². The van der Waals surface area contributed by atoms with Crippen molar-refractivity contribution in [2.75, 3.05) is 23.7 Å². The molecule has 4 nitrogen and oxygen atoms in total. The summed E-state index contributed by atoms with van der Waals surface area (Å²) in [6.45, 7) is 1.15. The summed E-state index contributed by atoms with van der Waals surface area (Å²) in [6.07, 6.45) is 1.62. The highest BCUT2D eigenvalue weighted by Gasteiger charge is 2.06. The predicted octanol–water partition coefficient (Wildman–Crippen LogP) is 4.19. The minimum absolute atomic E-state index is 0.346. The van der Waals surface area contributed by atoms with Gasteiger partial charge in [-0.25, -0.2) is 9.37 Å². The second-order valence-corrected chi connectivity index (χ2v) is 5.70. The molecule has 0 amide bonds. The Labute approximate surface area is 140 Å². The molecule has 0 aliphatic heterocycles. The number of anilines is 2. The number of rotatable bonds is 5. The van der Waals surface area contributed by atoms with Crippen molar-refractivity contribution >= 4 is 38.3 Å². The maximum Gasteiger partial charge on any atom is 0.214 e. The van der Waals surface area contributed by atoms with Crippen LogP contribution in [0, 0.1) is 11.8 Å². The van der Waals surface area contributed by atoms with E-state index in [9.17, 15) is 8.78 Å². The van der Waals surface area contributed by atoms with Crippen molar-refractivity contribution in [1.29, 1.82) is 0 Å². The molecule has 0 aliphatic rings. The molecule has 0 saturated carbocycles. The molecule has 0 aliphatic carbocycles. The van der Waals surface area contributed by atoms with Gasteiger partial charge >= 0.3 is 0 Å². The van der Waals surface area contributed by atoms with E-state index in [0.29, 0.717) is 28.9 Å². The van der Waals surface area contributed by atoms with Gasteiger partial charge < -0.3 is 10.6 Å². The lowest BCUT2D eigenvalue weighted by molar-refractivity contribution is 0.585. The largest absolute Gasteiger partial charge is 0.383 e. The SMILES string of the molecule is Fc1cccc(NCCNc2ccnc3cc(F)c(Br)cc23)n1. The van der Waals surface area contributed by atoms with Crippen molar-refractivity contribution in [1.82, 2.24) is 9.97 Å². The summed E-state index contributed by atoms with van der Waals surface area (Å²) in [6, 6.07) is 9.50. The molecule has 0 spiro atoms. The van der Waals surface area contributed by atoms with E-state index in [0.717, 1.165) is 11.1 Å². The molecule has 2 heterocycles. The predicted molar refractivity (Wildman–Crippen MR) is 90.6 cm³/mol. The van der Waals surface area contributed by atoms with Crippen molar-refractivity contribution in [3.63, 3.8) is 0 Å². The Bertz CT molecular complexity index is 841. The van der Waals surface area contributed by atoms with E-state index in [1.807, 2.05) is 6.07 Å². The van der Waals surface area contributed by atoms with E-state index in [2.05, 4.69) is 36.5 Å². The second-order valence-electron chi connectivity index (χ2n) is 4.84. The Morgan fingerprint density at radius 2 is 1.87 bits per heavy atom. The Kier molecular flexibility index (Phi) is 4.66. The zero-order chi connectivity index (χ0) is 16.2. The third-order valence-corrected chi connectivity index (χ3v) is 3.85. The highest BCUT2D eigenvalue weighted by atomic mass is 79.9. The summed E-state index contributed by atoms with van der Waals surface area (Å²) in [5.41, 5.74) is 1.43. The minimum atomic E-state index is -0.519. The zero-order valence-corrected chi connectivity index (χ0v) is 13.6. The fourth-order valence-electron chi connectivity index (χ4n) is 2.19. The van der Waals surface area contributed by atoms with Gasteiger partial charge in [0.1, 0.15) is 11.6 Å². The molecule has 2 aromatic heterocycles. The maximum atomic E-state index is 13.6. The van der Waals surface area contributed by atoms with E-state index in [1.165, 1.54) is 12.1 Å². The summed E-state index contributed by atoms with van der Waals surface area (Å²) >= 11 is 3.18. The lowest BCUT2D eigenvalue weighted by Gasteiger charge is -2.11. The van der Waals surface area contributed by atoms with Crippen LogP contribution < -0.4 is 10.6 Å². The van der Waals surface area contributed by atoms with Gasteiger partial charge in [-0.2, -0.15) is 4.39 Å². The Morgan fingerprint density at radius 1 is 1.04 bits per heavy atom. The molecule has 0 saturated heterocycles. The van der Waals surface area contributed by atoms with Gasteiger partial charge in [-0.05, 0) is 40.2 Å². The molecule has 0 unspecified atom stereocenters. The van der Waals surface area contributed by atoms with Crippen LogP contribution in [0.15, 0.2) is 47.1 Å². The standard InChI is InChI=1S/C16H13BrF2N4/c17-11-8-10-13(4-5-20-14(10)9-12(11)18)21-6-7-22-16-3-1-2-15(19)23-16/h1-5,8-9H,6-7H2,(H,20,21)(H,22,23). The number of nitrogens with one attached hydrogen (secondary N) is 2. The van der Waals surface area contributed by atoms with Crippen molar-refractivity contribution in [2.45, 2.75) is 0 Å². The summed E-state index contributed by atoms with van der Waals surface area (Å²) < 4.78 is 26.9. The lowest BCUT2D eigenvalue weighted by Crippen LogP contribution is -2.14. The zero-order valence-electron chi connectivity index (χ0n) is 12.0. The molecule has 3 rings (SSSR count). The van der Waals surface area contributed by atoms with Crippen LogP contribution in [0.5, 0.6) is 0 Å². The van der Waals surface area contributed by atoms with Crippen molar-refractivity contribution in [3.05, 3.63) is 58.8 Å². The minimum Gasteiger partial charge on any atom is -0.383 e. The van der Waals surface area contributed by atoms with E-state index < -0.39 is 5.95 Å². The molecule has 0 radical (unpaired) electrons. The molecular formula is C16H13BrF2N4. The average molecular weight is 379 g/mol. The van der Waals surface area contributed by atoms with Gasteiger partial charge in [0, 0.05) is 36.4 Å². The van der Waals surface area contributed by atoms with Crippen molar-refractivity contribution in [3.8, 4) is 0 Å². The van der Waals surface area contributed by atoms with Gasteiger partial charge in [0.25, 0.3) is 0 Å². The van der Waals surface area contributed by atoms with Gasteiger partial charge in [-0.15, -0.1) is 0 Å². The molecule has 2 N–H and O–H groups in total. The average Bonchev–Trinajstić information content (AvgIpc) is 2.53. The summed E-state index contributed by atoms with van der Waals surface area (Å²) in [5.74, 6) is -0.382. The normalized spacial score (nSPS) is 10.7. The topological polar surface area (TPSA) is 49.8 Å². The smallest absolute Gasteiger partial charge is 0.214 e. The maximum absolute atomic E-state index is 13.6. The molecule has 0 bridgehead atoms. The number of hydrogen-bond acceptors (Lipinski definition) is 4. The highest BCUT2D eigenvalue weighted by molar-refractivity contribution is 9.10. The van der Waals surface area contributed by atoms with Gasteiger partial charge in [-0.1, -0.05) is 6.07 Å². The van der Waals surface area contributed by atoms with Crippen LogP contribution in [0.4, 0.5) is 20.3 Å². The summed E-state index contributed by atoms with van der Waals surface area (Å²) in [5, 5.41) is 7.10. The Balaban J connectivity index is 1.66. The molecule has 3 aromatic rings. The molecule has 118 valence electrons. The third kappa shape index (κ3) is 3.73. The van der Waals surface area contributed by atoms with Crippen LogP contribution >= 0.6 is 15.9 Å². The van der Waals surface area contributed by atoms with Crippen LogP contribution in [0.25, 0.3) is 10.9 Å². The number of fused-ring (bicyclic) bond motifs is 1. The quantitative estimate of drug-likeness (QED) is 0.516. The monoisotopic (exact) mass is 378 g/mol. The first kappa shape index (κ1) is 15.6. The van der Waals surface area contributed by atoms with Gasteiger partial charge in [-0.3, -0.25) is 4.98 Å². The molecule has 23 heavy (non-hydrogen) atoms. The molecule has 0 fully saturated rings. The van der Waals surface area contributed by atoms with Crippen LogP contribution in [-0.4, -0.2) is 23.1 Å². The number of pyridine rings is 2. The first-order valence-corrected chi connectivity index (χ1v) is 7.77. The van der Waals surface area contributed by atoms with Crippen LogP contribution in [0.2, 0.25) is 0 Å².